The predicted octanol–water partition coefficient (Wildman–Crippen LogP) is 2.85. The van der Waals surface area contributed by atoms with Crippen molar-refractivity contribution in [2.24, 2.45) is 0 Å². The molecule has 2 aromatic carbocycles. The van der Waals surface area contributed by atoms with Crippen LogP contribution in [0.4, 0.5) is 0 Å². The summed E-state index contributed by atoms with van der Waals surface area (Å²) in [7, 11) is 0. The number of aromatic nitrogens is 4. The molecule has 4 aromatic rings. The number of nitriles is 2. The fourth-order valence-corrected chi connectivity index (χ4v) is 3.16. The molecule has 0 unspecified atom stereocenters. The molecular formula is C20H16N6O. The molecule has 2 aromatic heterocycles. The second kappa shape index (κ2) is 7.28. The van der Waals surface area contributed by atoms with E-state index in [0.29, 0.717) is 37.7 Å². The van der Waals surface area contributed by atoms with E-state index in [-0.39, 0.29) is 0 Å². The smallest absolute Gasteiger partial charge is 0.170 e. The largest absolute Gasteiger partial charge is 0.378 e. The van der Waals surface area contributed by atoms with Gasteiger partial charge >= 0.3 is 0 Å². The van der Waals surface area contributed by atoms with Crippen LogP contribution in [-0.4, -0.2) is 32.8 Å². The second-order valence-electron chi connectivity index (χ2n) is 6.01. The molecule has 0 amide bonds. The summed E-state index contributed by atoms with van der Waals surface area (Å²) in [6.45, 7) is 2.07. The Kier molecular flexibility index (Phi) is 4.52. The first kappa shape index (κ1) is 16.8. The van der Waals surface area contributed by atoms with Crippen LogP contribution >= 0.6 is 0 Å². The second-order valence-corrected chi connectivity index (χ2v) is 6.01. The maximum Gasteiger partial charge on any atom is 0.170 e. The number of benzene rings is 2. The van der Waals surface area contributed by atoms with Gasteiger partial charge in [-0.25, -0.2) is 0 Å². The molecule has 0 bridgehead atoms. The highest BCUT2D eigenvalue weighted by atomic mass is 16.5. The first-order valence-corrected chi connectivity index (χ1v) is 8.61. The Hall–Kier alpha value is -3.68. The molecule has 0 aliphatic rings. The van der Waals surface area contributed by atoms with E-state index in [0.717, 1.165) is 21.8 Å². The van der Waals surface area contributed by atoms with E-state index in [2.05, 4.69) is 22.3 Å². The van der Waals surface area contributed by atoms with Crippen molar-refractivity contribution in [3.8, 4) is 12.1 Å². The standard InChI is InChI=1S/C20H16N6O/c21-13-17-15-5-1-3-7-19(15)25(23-17)9-11-27-12-10-26-20-8-4-2-6-16(20)18(14-22)24-26/h1-8H,9-12H2. The van der Waals surface area contributed by atoms with Crippen molar-refractivity contribution in [2.45, 2.75) is 13.1 Å². The third kappa shape index (κ3) is 3.12. The molecule has 0 saturated carbocycles. The van der Waals surface area contributed by atoms with E-state index in [9.17, 15) is 10.5 Å². The van der Waals surface area contributed by atoms with E-state index in [1.165, 1.54) is 0 Å². The van der Waals surface area contributed by atoms with Gasteiger partial charge < -0.3 is 4.74 Å². The van der Waals surface area contributed by atoms with Crippen molar-refractivity contribution in [1.29, 1.82) is 10.5 Å². The summed E-state index contributed by atoms with van der Waals surface area (Å²) in [5, 5.41) is 28.8. The minimum absolute atomic E-state index is 0.428. The van der Waals surface area contributed by atoms with E-state index >= 15 is 0 Å². The highest BCUT2D eigenvalue weighted by Gasteiger charge is 2.10. The van der Waals surface area contributed by atoms with Crippen molar-refractivity contribution in [2.75, 3.05) is 13.2 Å². The van der Waals surface area contributed by atoms with Crippen molar-refractivity contribution in [3.05, 3.63) is 59.9 Å². The van der Waals surface area contributed by atoms with Gasteiger partial charge in [0.25, 0.3) is 0 Å². The van der Waals surface area contributed by atoms with Crippen LogP contribution in [0.5, 0.6) is 0 Å². The van der Waals surface area contributed by atoms with Gasteiger partial charge in [0.15, 0.2) is 11.4 Å². The Morgan fingerprint density at radius 2 is 1.19 bits per heavy atom. The van der Waals surface area contributed by atoms with Crippen LogP contribution in [0.15, 0.2) is 48.5 Å². The summed E-state index contributed by atoms with van der Waals surface area (Å²) >= 11 is 0. The lowest BCUT2D eigenvalue weighted by atomic mass is 10.2. The van der Waals surface area contributed by atoms with Crippen LogP contribution in [0.25, 0.3) is 21.8 Å². The number of nitrogens with zero attached hydrogens (tertiary/aromatic N) is 6. The summed E-state index contributed by atoms with van der Waals surface area (Å²) in [5.41, 5.74) is 2.71. The van der Waals surface area contributed by atoms with Gasteiger partial charge in [-0.3, -0.25) is 9.36 Å². The number of hydrogen-bond acceptors (Lipinski definition) is 5. The average Bonchev–Trinajstić information content (AvgIpc) is 3.26. The van der Waals surface area contributed by atoms with E-state index < -0.39 is 0 Å². The van der Waals surface area contributed by atoms with Gasteiger partial charge in [-0.05, 0) is 24.3 Å². The van der Waals surface area contributed by atoms with Crippen molar-refractivity contribution in [1.82, 2.24) is 19.6 Å². The van der Waals surface area contributed by atoms with E-state index in [1.807, 2.05) is 48.5 Å². The summed E-state index contributed by atoms with van der Waals surface area (Å²) in [5.74, 6) is 0. The SMILES string of the molecule is N#Cc1nn(CCOCCn2nc(C#N)c3ccccc32)c2ccccc12. The molecule has 2 heterocycles. The molecule has 0 aliphatic heterocycles. The highest BCUT2D eigenvalue weighted by molar-refractivity contribution is 5.84. The maximum atomic E-state index is 9.20. The molecule has 0 radical (unpaired) electrons. The van der Waals surface area contributed by atoms with Crippen LogP contribution in [0.2, 0.25) is 0 Å². The zero-order chi connectivity index (χ0) is 18.6. The normalized spacial score (nSPS) is 10.9. The summed E-state index contributed by atoms with van der Waals surface area (Å²) in [4.78, 5) is 0. The van der Waals surface area contributed by atoms with Gasteiger partial charge in [-0.2, -0.15) is 20.7 Å². The minimum Gasteiger partial charge on any atom is -0.378 e. The fourth-order valence-electron chi connectivity index (χ4n) is 3.16. The third-order valence-corrected chi connectivity index (χ3v) is 4.42. The molecule has 0 atom stereocenters. The van der Waals surface area contributed by atoms with Gasteiger partial charge in [0, 0.05) is 10.8 Å². The molecule has 0 aliphatic carbocycles. The first-order chi connectivity index (χ1) is 13.3. The van der Waals surface area contributed by atoms with Crippen LogP contribution in [-0.2, 0) is 17.8 Å². The monoisotopic (exact) mass is 356 g/mol. The van der Waals surface area contributed by atoms with Gasteiger partial charge in [0.2, 0.25) is 0 Å². The summed E-state index contributed by atoms with van der Waals surface area (Å²) < 4.78 is 9.33. The topological polar surface area (TPSA) is 92.4 Å². The molecule has 132 valence electrons. The molecule has 0 fully saturated rings. The predicted molar refractivity (Wildman–Crippen MR) is 99.7 cm³/mol. The number of para-hydroxylation sites is 2. The van der Waals surface area contributed by atoms with Crippen molar-refractivity contribution < 1.29 is 4.74 Å². The maximum absolute atomic E-state index is 9.20. The summed E-state index contributed by atoms with van der Waals surface area (Å²) in [6.07, 6.45) is 0. The van der Waals surface area contributed by atoms with Crippen LogP contribution in [0.3, 0.4) is 0 Å². The van der Waals surface area contributed by atoms with Crippen molar-refractivity contribution >= 4 is 21.8 Å². The summed E-state index contributed by atoms with van der Waals surface area (Å²) in [6, 6.07) is 19.6. The van der Waals surface area contributed by atoms with Gasteiger partial charge in [-0.15, -0.1) is 0 Å². The Labute approximate surface area is 155 Å². The van der Waals surface area contributed by atoms with E-state index in [4.69, 9.17) is 4.74 Å². The Balaban J connectivity index is 1.38. The highest BCUT2D eigenvalue weighted by Crippen LogP contribution is 2.18. The number of ether oxygens (including phenoxy) is 1. The lowest BCUT2D eigenvalue weighted by Gasteiger charge is -2.07. The molecule has 0 N–H and O–H groups in total. The molecule has 4 rings (SSSR count). The number of hydrogen-bond donors (Lipinski definition) is 0. The van der Waals surface area contributed by atoms with Gasteiger partial charge in [0.1, 0.15) is 12.1 Å². The van der Waals surface area contributed by atoms with Gasteiger partial charge in [0.05, 0.1) is 37.3 Å². The number of fused-ring (bicyclic) bond motifs is 2. The number of rotatable bonds is 6. The molecule has 7 heteroatoms. The molecule has 7 nitrogen and oxygen atoms in total. The zero-order valence-corrected chi connectivity index (χ0v) is 14.5. The Morgan fingerprint density at radius 3 is 1.63 bits per heavy atom. The molecule has 0 saturated heterocycles. The fraction of sp³-hybridized carbons (Fsp3) is 0.200. The van der Waals surface area contributed by atoms with Crippen LogP contribution in [0, 0.1) is 22.7 Å². The average molecular weight is 356 g/mol. The lowest BCUT2D eigenvalue weighted by Crippen LogP contribution is -2.12. The van der Waals surface area contributed by atoms with Gasteiger partial charge in [-0.1, -0.05) is 24.3 Å². The third-order valence-electron chi connectivity index (χ3n) is 4.42. The van der Waals surface area contributed by atoms with Crippen LogP contribution in [0.1, 0.15) is 11.4 Å². The van der Waals surface area contributed by atoms with Crippen molar-refractivity contribution in [3.63, 3.8) is 0 Å². The Bertz CT molecular complexity index is 1100. The lowest BCUT2D eigenvalue weighted by molar-refractivity contribution is 0.116. The van der Waals surface area contributed by atoms with Crippen LogP contribution < -0.4 is 0 Å². The Morgan fingerprint density at radius 1 is 0.741 bits per heavy atom. The molecule has 0 spiro atoms. The first-order valence-electron chi connectivity index (χ1n) is 8.61. The molecule has 27 heavy (non-hydrogen) atoms. The van der Waals surface area contributed by atoms with E-state index in [1.54, 1.807) is 9.36 Å². The molecular weight excluding hydrogens is 340 g/mol. The minimum atomic E-state index is 0.428. The zero-order valence-electron chi connectivity index (χ0n) is 14.5. The quantitative estimate of drug-likeness (QED) is 0.495.